The highest BCUT2D eigenvalue weighted by Crippen LogP contribution is 2.76. The summed E-state index contributed by atoms with van der Waals surface area (Å²) in [5, 5.41) is 20.5. The van der Waals surface area contributed by atoms with E-state index in [-0.39, 0.29) is 29.8 Å². The van der Waals surface area contributed by atoms with E-state index in [1.165, 1.54) is 12.2 Å². The first-order valence-corrected chi connectivity index (χ1v) is 9.83. The maximum Gasteiger partial charge on any atom is 0.193 e. The Morgan fingerprint density at radius 1 is 1.41 bits per heavy atom. The van der Waals surface area contributed by atoms with Gasteiger partial charge >= 0.3 is 0 Å². The monoisotopic (exact) mass is 376 g/mol. The van der Waals surface area contributed by atoms with Crippen LogP contribution in [0, 0.1) is 23.2 Å². The molecule has 5 rings (SSSR count). The van der Waals surface area contributed by atoms with Gasteiger partial charge in [0.1, 0.15) is 12.2 Å². The highest BCUT2D eigenvalue weighted by molar-refractivity contribution is 6.01. The van der Waals surface area contributed by atoms with E-state index in [2.05, 4.69) is 0 Å². The highest BCUT2D eigenvalue weighted by Gasteiger charge is 2.87. The normalized spacial score (nSPS) is 55.1. The lowest BCUT2D eigenvalue weighted by Gasteiger charge is -2.59. The van der Waals surface area contributed by atoms with Gasteiger partial charge < -0.3 is 14.9 Å². The fraction of sp³-hybridized carbons (Fsp3) is 0.714. The molecule has 4 aliphatic carbocycles. The van der Waals surface area contributed by atoms with Crippen molar-refractivity contribution in [2.24, 2.45) is 23.2 Å². The summed E-state index contributed by atoms with van der Waals surface area (Å²) in [6.07, 6.45) is 5.03. The van der Waals surface area contributed by atoms with Crippen LogP contribution in [0.4, 0.5) is 4.39 Å². The van der Waals surface area contributed by atoms with Gasteiger partial charge in [-0.25, -0.2) is 4.39 Å². The van der Waals surface area contributed by atoms with Crippen molar-refractivity contribution in [1.29, 1.82) is 0 Å². The molecule has 27 heavy (non-hydrogen) atoms. The van der Waals surface area contributed by atoms with Crippen LogP contribution in [0.2, 0.25) is 0 Å². The van der Waals surface area contributed by atoms with E-state index >= 15 is 4.39 Å². The van der Waals surface area contributed by atoms with Crippen molar-refractivity contribution in [3.63, 3.8) is 0 Å². The second kappa shape index (κ2) is 4.97. The van der Waals surface area contributed by atoms with Crippen molar-refractivity contribution in [2.45, 2.75) is 62.5 Å². The molecular weight excluding hydrogens is 351 g/mol. The number of carbonyl (C=O) groups is 2. The third kappa shape index (κ3) is 1.68. The number of carbonyl (C=O) groups excluding carboxylic acids is 2. The lowest BCUT2D eigenvalue weighted by Crippen LogP contribution is -2.66. The number of alkyl halides is 1. The molecule has 0 aromatic carbocycles. The molecule has 0 radical (unpaired) electrons. The van der Waals surface area contributed by atoms with Gasteiger partial charge in [-0.2, -0.15) is 0 Å². The SMILES string of the molecule is CC1CC2C3CCC4=CC(=O)C=CC4(C)C3(F)C(O)CC23OC13C(=O)CO. The van der Waals surface area contributed by atoms with E-state index < -0.39 is 40.9 Å². The van der Waals surface area contributed by atoms with Gasteiger partial charge in [0.25, 0.3) is 0 Å². The number of hydrogen-bond acceptors (Lipinski definition) is 5. The Balaban J connectivity index is 1.61. The van der Waals surface area contributed by atoms with Crippen LogP contribution in [0.25, 0.3) is 0 Å². The maximum absolute atomic E-state index is 16.8. The summed E-state index contributed by atoms with van der Waals surface area (Å²) in [6.45, 7) is 3.09. The molecular formula is C21H25FO5. The predicted molar refractivity (Wildman–Crippen MR) is 93.4 cm³/mol. The van der Waals surface area contributed by atoms with Crippen molar-refractivity contribution >= 4 is 11.6 Å². The van der Waals surface area contributed by atoms with E-state index in [1.54, 1.807) is 13.0 Å². The van der Waals surface area contributed by atoms with Crippen LogP contribution in [0.5, 0.6) is 0 Å². The summed E-state index contributed by atoms with van der Waals surface area (Å²) in [4.78, 5) is 24.3. The molecule has 3 saturated carbocycles. The fourth-order valence-electron chi connectivity index (χ4n) is 7.25. The molecule has 4 fully saturated rings. The standard InChI is InChI=1S/C21H25FO5/c1-11-7-15-14-4-3-12-8-13(24)5-6-18(12,2)20(14,22)16(25)9-19(15)21(11,27-19)17(26)10-23/h5-6,8,11,14-16,23,25H,3-4,7,9-10H2,1-2H3. The Kier molecular flexibility index (Phi) is 3.26. The van der Waals surface area contributed by atoms with Crippen molar-refractivity contribution < 1.29 is 28.9 Å². The number of halogens is 1. The van der Waals surface area contributed by atoms with Crippen molar-refractivity contribution in [3.05, 3.63) is 23.8 Å². The molecule has 0 amide bonds. The van der Waals surface area contributed by atoms with Gasteiger partial charge in [-0.05, 0) is 50.2 Å². The molecule has 6 heteroatoms. The molecule has 1 heterocycles. The second-order valence-corrected chi connectivity index (χ2v) is 9.29. The van der Waals surface area contributed by atoms with Crippen LogP contribution < -0.4 is 0 Å². The number of Topliss-reactive ketones (excluding diaryl/α,β-unsaturated/α-hetero) is 1. The van der Waals surface area contributed by atoms with Crippen LogP contribution >= 0.6 is 0 Å². The predicted octanol–water partition coefficient (Wildman–Crippen LogP) is 1.67. The van der Waals surface area contributed by atoms with Gasteiger partial charge in [0.05, 0.1) is 6.10 Å². The summed E-state index contributed by atoms with van der Waals surface area (Å²) in [7, 11) is 0. The molecule has 1 saturated heterocycles. The van der Waals surface area contributed by atoms with Crippen LogP contribution in [-0.4, -0.2) is 51.4 Å². The number of allylic oxidation sites excluding steroid dienone is 4. The van der Waals surface area contributed by atoms with Gasteiger partial charge in [0.15, 0.2) is 22.8 Å². The number of rotatable bonds is 2. The summed E-state index contributed by atoms with van der Waals surface area (Å²) in [6, 6.07) is 0. The summed E-state index contributed by atoms with van der Waals surface area (Å²) in [5.41, 5.74) is -4.14. The molecule has 8 unspecified atom stereocenters. The number of aliphatic hydroxyl groups is 2. The summed E-state index contributed by atoms with van der Waals surface area (Å²) in [5.74, 6) is -1.26. The smallest absolute Gasteiger partial charge is 0.193 e. The largest absolute Gasteiger partial charge is 0.390 e. The first-order valence-electron chi connectivity index (χ1n) is 9.83. The fourth-order valence-corrected chi connectivity index (χ4v) is 7.25. The van der Waals surface area contributed by atoms with Gasteiger partial charge in [-0.15, -0.1) is 0 Å². The van der Waals surface area contributed by atoms with Crippen LogP contribution in [0.15, 0.2) is 23.8 Å². The van der Waals surface area contributed by atoms with E-state index in [0.29, 0.717) is 19.3 Å². The Morgan fingerprint density at radius 3 is 2.85 bits per heavy atom. The number of epoxide rings is 1. The van der Waals surface area contributed by atoms with Crippen LogP contribution in [0.1, 0.15) is 39.5 Å². The highest BCUT2D eigenvalue weighted by atomic mass is 19.1. The molecule has 8 atom stereocenters. The van der Waals surface area contributed by atoms with Crippen LogP contribution in [0.3, 0.4) is 0 Å². The zero-order chi connectivity index (χ0) is 19.4. The maximum atomic E-state index is 16.8. The molecule has 1 spiro atoms. The van der Waals surface area contributed by atoms with Gasteiger partial charge in [-0.3, -0.25) is 9.59 Å². The van der Waals surface area contributed by atoms with Gasteiger partial charge in [0.2, 0.25) is 0 Å². The minimum absolute atomic E-state index is 0.0470. The zero-order valence-electron chi connectivity index (χ0n) is 15.6. The molecule has 2 N–H and O–H groups in total. The Labute approximate surface area is 157 Å². The lowest BCUT2D eigenvalue weighted by molar-refractivity contribution is -0.179. The lowest BCUT2D eigenvalue weighted by atomic mass is 9.48. The molecule has 0 bridgehead atoms. The zero-order valence-corrected chi connectivity index (χ0v) is 15.6. The topological polar surface area (TPSA) is 87.1 Å². The molecule has 0 aromatic rings. The number of aliphatic hydroxyl groups excluding tert-OH is 2. The minimum Gasteiger partial charge on any atom is -0.390 e. The van der Waals surface area contributed by atoms with Crippen molar-refractivity contribution in [3.8, 4) is 0 Å². The summed E-state index contributed by atoms with van der Waals surface area (Å²) >= 11 is 0. The van der Waals surface area contributed by atoms with Crippen LogP contribution in [-0.2, 0) is 14.3 Å². The molecule has 146 valence electrons. The first kappa shape index (κ1) is 17.7. The number of fused-ring (bicyclic) bond motifs is 4. The Bertz CT molecular complexity index is 819. The van der Waals surface area contributed by atoms with E-state index in [0.717, 1.165) is 5.57 Å². The quantitative estimate of drug-likeness (QED) is 0.716. The van der Waals surface area contributed by atoms with Crippen molar-refractivity contribution in [1.82, 2.24) is 0 Å². The third-order valence-electron chi connectivity index (χ3n) is 8.48. The number of ether oxygens (including phenoxy) is 1. The van der Waals surface area contributed by atoms with Gasteiger partial charge in [-0.1, -0.05) is 18.6 Å². The second-order valence-electron chi connectivity index (χ2n) is 9.29. The third-order valence-corrected chi connectivity index (χ3v) is 8.48. The average molecular weight is 376 g/mol. The molecule has 1 aliphatic heterocycles. The Hall–Kier alpha value is -1.37. The number of hydrogen-bond donors (Lipinski definition) is 2. The first-order chi connectivity index (χ1) is 12.7. The number of ketones is 2. The summed E-state index contributed by atoms with van der Waals surface area (Å²) < 4.78 is 22.8. The van der Waals surface area contributed by atoms with Gasteiger partial charge in [0, 0.05) is 17.8 Å². The molecule has 5 aliphatic rings. The average Bonchev–Trinajstić information content (AvgIpc) is 3.24. The molecule has 0 aromatic heterocycles. The molecule has 5 nitrogen and oxygen atoms in total. The Morgan fingerprint density at radius 2 is 2.15 bits per heavy atom. The van der Waals surface area contributed by atoms with E-state index in [4.69, 9.17) is 4.74 Å². The van der Waals surface area contributed by atoms with E-state index in [1.807, 2.05) is 6.92 Å². The van der Waals surface area contributed by atoms with Crippen molar-refractivity contribution in [2.75, 3.05) is 6.61 Å². The van der Waals surface area contributed by atoms with E-state index in [9.17, 15) is 19.8 Å². The minimum atomic E-state index is -1.91.